The lowest BCUT2D eigenvalue weighted by Crippen LogP contribution is -2.44. The molecular weight excluding hydrogens is 222 g/mol. The molecule has 0 saturated carbocycles. The monoisotopic (exact) mass is 245 g/mol. The Balaban J connectivity index is 4.71. The van der Waals surface area contributed by atoms with Gasteiger partial charge in [0, 0.05) is 26.3 Å². The highest BCUT2D eigenvalue weighted by Crippen LogP contribution is 2.17. The topological polar surface area (TPSA) is 55.8 Å². The van der Waals surface area contributed by atoms with Crippen molar-refractivity contribution in [2.24, 2.45) is 0 Å². The van der Waals surface area contributed by atoms with Crippen molar-refractivity contribution in [3.05, 3.63) is 0 Å². The fraction of sp³-hybridized carbons (Fsp3) is 0.833. The molecule has 0 aliphatic heterocycles. The average Bonchev–Trinajstić information content (AvgIpc) is 2.31. The van der Waals surface area contributed by atoms with Crippen LogP contribution in [0.1, 0.15) is 34.1 Å². The summed E-state index contributed by atoms with van der Waals surface area (Å²) in [5.74, 6) is -1.56. The molecule has 0 unspecified atom stereocenters. The van der Waals surface area contributed by atoms with Crippen molar-refractivity contribution in [1.82, 2.24) is 4.90 Å². The van der Waals surface area contributed by atoms with E-state index in [0.29, 0.717) is 32.6 Å². The lowest BCUT2D eigenvalue weighted by atomic mass is 10.2. The minimum absolute atomic E-state index is 0.0696. The molecule has 0 aromatic carbocycles. The van der Waals surface area contributed by atoms with Gasteiger partial charge >= 0.3 is 0 Å². The Morgan fingerprint density at radius 3 is 1.88 bits per heavy atom. The lowest BCUT2D eigenvalue weighted by Gasteiger charge is -2.29. The summed E-state index contributed by atoms with van der Waals surface area (Å²) in [6.07, 6.45) is 0.501. The summed E-state index contributed by atoms with van der Waals surface area (Å²) in [4.78, 5) is 24.7. The van der Waals surface area contributed by atoms with Gasteiger partial charge in [0.05, 0.1) is 6.42 Å². The molecule has 0 saturated heterocycles. The number of hydrogen-bond donors (Lipinski definition) is 0. The van der Waals surface area contributed by atoms with Crippen LogP contribution >= 0.6 is 0 Å². The second-order valence-electron chi connectivity index (χ2n) is 3.54. The van der Waals surface area contributed by atoms with Crippen LogP contribution in [0.15, 0.2) is 0 Å². The fourth-order valence-electron chi connectivity index (χ4n) is 1.64. The molecule has 1 amide bonds. The summed E-state index contributed by atoms with van der Waals surface area (Å²) in [6.45, 7) is 9.19. The first kappa shape index (κ1) is 16.1. The van der Waals surface area contributed by atoms with Crippen molar-refractivity contribution in [1.29, 1.82) is 0 Å². The summed E-state index contributed by atoms with van der Waals surface area (Å²) in [5, 5.41) is 0. The number of amides is 1. The normalized spacial score (nSPS) is 11.3. The average molecular weight is 245 g/mol. The maximum absolute atomic E-state index is 11.9. The number of aldehydes is 1. The highest BCUT2D eigenvalue weighted by Gasteiger charge is 2.35. The van der Waals surface area contributed by atoms with E-state index in [1.165, 1.54) is 0 Å². The van der Waals surface area contributed by atoms with Crippen LogP contribution in [0, 0.1) is 0 Å². The molecule has 0 atom stereocenters. The molecule has 0 aromatic heterocycles. The van der Waals surface area contributed by atoms with Gasteiger partial charge in [0.1, 0.15) is 0 Å². The van der Waals surface area contributed by atoms with Gasteiger partial charge in [-0.15, -0.1) is 0 Å². The van der Waals surface area contributed by atoms with E-state index in [1.807, 2.05) is 13.8 Å². The minimum Gasteiger partial charge on any atom is -0.344 e. The quantitative estimate of drug-likeness (QED) is 0.452. The maximum Gasteiger partial charge on any atom is 0.234 e. The van der Waals surface area contributed by atoms with E-state index >= 15 is 0 Å². The van der Waals surface area contributed by atoms with E-state index in [9.17, 15) is 9.59 Å². The summed E-state index contributed by atoms with van der Waals surface area (Å²) in [6, 6.07) is 0. The zero-order valence-corrected chi connectivity index (χ0v) is 11.2. The Hall–Kier alpha value is -0.940. The van der Waals surface area contributed by atoms with E-state index < -0.39 is 5.79 Å². The van der Waals surface area contributed by atoms with Gasteiger partial charge < -0.3 is 14.4 Å². The standard InChI is InChI=1S/C12H23NO4/c1-5-13(6-2)11(15)9-12(10-14,16-7-3)17-8-4/h10H,5-9H2,1-4H3. The molecule has 0 N–H and O–H groups in total. The molecule has 100 valence electrons. The Bertz CT molecular complexity index is 233. The van der Waals surface area contributed by atoms with Crippen molar-refractivity contribution >= 4 is 12.2 Å². The summed E-state index contributed by atoms with van der Waals surface area (Å²) in [5.41, 5.74) is 0. The maximum atomic E-state index is 11.9. The van der Waals surface area contributed by atoms with Crippen LogP contribution < -0.4 is 0 Å². The predicted octanol–water partition coefficient (Wildman–Crippen LogP) is 1.21. The van der Waals surface area contributed by atoms with Crippen molar-refractivity contribution < 1.29 is 19.1 Å². The first-order valence-corrected chi connectivity index (χ1v) is 6.11. The molecule has 0 radical (unpaired) electrons. The van der Waals surface area contributed by atoms with Gasteiger partial charge in [-0.05, 0) is 27.7 Å². The first-order valence-electron chi connectivity index (χ1n) is 6.11. The van der Waals surface area contributed by atoms with Crippen molar-refractivity contribution in [3.63, 3.8) is 0 Å². The summed E-state index contributed by atoms with van der Waals surface area (Å²) >= 11 is 0. The highest BCUT2D eigenvalue weighted by atomic mass is 16.7. The lowest BCUT2D eigenvalue weighted by molar-refractivity contribution is -0.219. The molecule has 0 bridgehead atoms. The Kier molecular flexibility index (Phi) is 7.74. The van der Waals surface area contributed by atoms with Gasteiger partial charge in [-0.25, -0.2) is 0 Å². The smallest absolute Gasteiger partial charge is 0.234 e. The van der Waals surface area contributed by atoms with E-state index in [4.69, 9.17) is 9.47 Å². The fourth-order valence-corrected chi connectivity index (χ4v) is 1.64. The molecule has 5 nitrogen and oxygen atoms in total. The molecule has 0 aromatic rings. The number of rotatable bonds is 9. The molecule has 0 spiro atoms. The summed E-state index contributed by atoms with van der Waals surface area (Å²) in [7, 11) is 0. The summed E-state index contributed by atoms with van der Waals surface area (Å²) < 4.78 is 10.6. The number of carbonyl (C=O) groups excluding carboxylic acids is 2. The first-order chi connectivity index (χ1) is 8.09. The number of carbonyl (C=O) groups is 2. The van der Waals surface area contributed by atoms with E-state index in [0.717, 1.165) is 0 Å². The zero-order valence-electron chi connectivity index (χ0n) is 11.2. The molecule has 0 rings (SSSR count). The van der Waals surface area contributed by atoms with E-state index in [-0.39, 0.29) is 12.3 Å². The third kappa shape index (κ3) is 4.83. The number of hydrogen-bond acceptors (Lipinski definition) is 4. The van der Waals surface area contributed by atoms with E-state index in [1.54, 1.807) is 18.7 Å². The molecular formula is C12H23NO4. The van der Waals surface area contributed by atoms with Gasteiger partial charge in [0.25, 0.3) is 0 Å². The number of ether oxygens (including phenoxy) is 2. The predicted molar refractivity (Wildman–Crippen MR) is 64.6 cm³/mol. The van der Waals surface area contributed by atoms with Gasteiger partial charge in [0.2, 0.25) is 11.7 Å². The SMILES string of the molecule is CCOC(C=O)(CC(=O)N(CC)CC)OCC. The Morgan fingerprint density at radius 1 is 1.12 bits per heavy atom. The Labute approximate surface area is 103 Å². The third-order valence-corrected chi connectivity index (χ3v) is 2.47. The Morgan fingerprint density at radius 2 is 1.59 bits per heavy atom. The van der Waals surface area contributed by atoms with Crippen molar-refractivity contribution in [3.8, 4) is 0 Å². The van der Waals surface area contributed by atoms with Crippen LogP contribution in [0.4, 0.5) is 0 Å². The van der Waals surface area contributed by atoms with Crippen LogP contribution in [0.3, 0.4) is 0 Å². The second kappa shape index (κ2) is 8.20. The van der Waals surface area contributed by atoms with Gasteiger partial charge in [0.15, 0.2) is 6.29 Å². The molecule has 5 heteroatoms. The molecule has 0 aliphatic rings. The minimum atomic E-state index is -1.43. The van der Waals surface area contributed by atoms with E-state index in [2.05, 4.69) is 0 Å². The van der Waals surface area contributed by atoms with Gasteiger partial charge in [-0.3, -0.25) is 9.59 Å². The molecule has 0 fully saturated rings. The van der Waals surface area contributed by atoms with Gasteiger partial charge in [-0.2, -0.15) is 0 Å². The van der Waals surface area contributed by atoms with Crippen LogP contribution in [0.25, 0.3) is 0 Å². The molecule has 0 heterocycles. The van der Waals surface area contributed by atoms with Crippen molar-refractivity contribution in [2.75, 3.05) is 26.3 Å². The third-order valence-electron chi connectivity index (χ3n) is 2.47. The van der Waals surface area contributed by atoms with Gasteiger partial charge in [-0.1, -0.05) is 0 Å². The number of nitrogens with zero attached hydrogens (tertiary/aromatic N) is 1. The molecule has 0 aliphatic carbocycles. The van der Waals surface area contributed by atoms with Crippen LogP contribution in [0.5, 0.6) is 0 Å². The zero-order chi connectivity index (χ0) is 13.3. The van der Waals surface area contributed by atoms with Crippen LogP contribution in [-0.2, 0) is 19.1 Å². The van der Waals surface area contributed by atoms with Crippen LogP contribution in [-0.4, -0.2) is 49.2 Å². The van der Waals surface area contributed by atoms with Crippen molar-refractivity contribution in [2.45, 2.75) is 39.9 Å². The molecule has 17 heavy (non-hydrogen) atoms. The second-order valence-corrected chi connectivity index (χ2v) is 3.54. The largest absolute Gasteiger partial charge is 0.344 e. The van der Waals surface area contributed by atoms with Crippen LogP contribution in [0.2, 0.25) is 0 Å². The highest BCUT2D eigenvalue weighted by molar-refractivity contribution is 5.81.